The summed E-state index contributed by atoms with van der Waals surface area (Å²) in [6, 6.07) is 9.17. The van der Waals surface area contributed by atoms with Crippen LogP contribution < -0.4 is 4.42 Å². The molecule has 0 aliphatic heterocycles. The molecule has 0 aliphatic carbocycles. The Hall–Kier alpha value is -1.81. The molecule has 0 spiro atoms. The number of anilines is 1. The summed E-state index contributed by atoms with van der Waals surface area (Å²) in [7, 11) is 1.79. The topological polar surface area (TPSA) is 38.1 Å². The zero-order valence-electron chi connectivity index (χ0n) is 10.5. The lowest BCUT2D eigenvalue weighted by atomic mass is 10.2. The van der Waals surface area contributed by atoms with Crippen molar-refractivity contribution in [2.24, 2.45) is 7.05 Å². The van der Waals surface area contributed by atoms with E-state index in [0.29, 0.717) is 11.4 Å². The van der Waals surface area contributed by atoms with Gasteiger partial charge in [0.15, 0.2) is 5.69 Å². The zero-order valence-corrected chi connectivity index (χ0v) is 11.3. The molecule has 1 amide bonds. The van der Waals surface area contributed by atoms with E-state index in [4.69, 9.17) is 11.8 Å². The molecule has 94 valence electrons. The van der Waals surface area contributed by atoms with Gasteiger partial charge >= 0.3 is 0 Å². The standard InChI is InChI=1S/C13H14ClN3O/c1-9-6-4-5-7-12(9)17(14)13(18)11-8-10(2)16(3)15-11/h4-8H,1-3H3. The zero-order chi connectivity index (χ0) is 13.3. The summed E-state index contributed by atoms with van der Waals surface area (Å²) in [4.78, 5) is 12.2. The van der Waals surface area contributed by atoms with E-state index in [9.17, 15) is 4.79 Å². The van der Waals surface area contributed by atoms with Gasteiger partial charge < -0.3 is 0 Å². The number of carbonyl (C=O) groups is 1. The monoisotopic (exact) mass is 263 g/mol. The molecule has 1 aromatic carbocycles. The van der Waals surface area contributed by atoms with Crippen LogP contribution in [0.2, 0.25) is 0 Å². The highest BCUT2D eigenvalue weighted by atomic mass is 35.5. The SMILES string of the molecule is Cc1ccccc1N(Cl)C(=O)c1cc(C)n(C)n1. The van der Waals surface area contributed by atoms with Crippen LogP contribution in [0.1, 0.15) is 21.7 Å². The van der Waals surface area contributed by atoms with Crippen LogP contribution in [0, 0.1) is 13.8 Å². The summed E-state index contributed by atoms with van der Waals surface area (Å²) in [6.07, 6.45) is 0. The second kappa shape index (κ2) is 4.82. The highest BCUT2D eigenvalue weighted by molar-refractivity contribution is 6.39. The van der Waals surface area contributed by atoms with E-state index in [1.54, 1.807) is 23.9 Å². The van der Waals surface area contributed by atoms with Crippen LogP contribution in [0.4, 0.5) is 5.69 Å². The number of carbonyl (C=O) groups excluding carboxylic acids is 1. The van der Waals surface area contributed by atoms with Crippen molar-refractivity contribution in [3.8, 4) is 0 Å². The van der Waals surface area contributed by atoms with Crippen molar-refractivity contribution in [3.05, 3.63) is 47.3 Å². The molecule has 18 heavy (non-hydrogen) atoms. The Kier molecular flexibility index (Phi) is 3.39. The van der Waals surface area contributed by atoms with Gasteiger partial charge in [-0.3, -0.25) is 9.48 Å². The van der Waals surface area contributed by atoms with Gasteiger partial charge in [-0.15, -0.1) is 0 Å². The average Bonchev–Trinajstić information content (AvgIpc) is 2.68. The van der Waals surface area contributed by atoms with E-state index >= 15 is 0 Å². The maximum Gasteiger partial charge on any atom is 0.293 e. The second-order valence-electron chi connectivity index (χ2n) is 4.17. The van der Waals surface area contributed by atoms with Gasteiger partial charge in [0.25, 0.3) is 5.91 Å². The molecule has 0 aliphatic rings. The predicted molar refractivity (Wildman–Crippen MR) is 71.8 cm³/mol. The van der Waals surface area contributed by atoms with Crippen LogP contribution in [0.5, 0.6) is 0 Å². The quantitative estimate of drug-likeness (QED) is 0.782. The first-order valence-corrected chi connectivity index (χ1v) is 5.91. The summed E-state index contributed by atoms with van der Waals surface area (Å²) in [6.45, 7) is 3.79. The Bertz CT molecular complexity index is 572. The molecule has 1 heterocycles. The number of aromatic nitrogens is 2. The number of hydrogen-bond acceptors (Lipinski definition) is 2. The fourth-order valence-electron chi connectivity index (χ4n) is 1.66. The Balaban J connectivity index is 2.32. The van der Waals surface area contributed by atoms with Crippen LogP contribution in [0.25, 0.3) is 0 Å². The van der Waals surface area contributed by atoms with Gasteiger partial charge in [0.1, 0.15) is 0 Å². The van der Waals surface area contributed by atoms with Crippen LogP contribution >= 0.6 is 11.8 Å². The minimum absolute atomic E-state index is 0.324. The van der Waals surface area contributed by atoms with Gasteiger partial charge in [0.05, 0.1) is 5.69 Å². The lowest BCUT2D eigenvalue weighted by Gasteiger charge is -2.14. The highest BCUT2D eigenvalue weighted by Gasteiger charge is 2.20. The molecule has 0 unspecified atom stereocenters. The van der Waals surface area contributed by atoms with Gasteiger partial charge in [0.2, 0.25) is 0 Å². The molecule has 2 aromatic rings. The first-order chi connectivity index (χ1) is 8.50. The third-order valence-electron chi connectivity index (χ3n) is 2.84. The van der Waals surface area contributed by atoms with Crippen molar-refractivity contribution >= 4 is 23.4 Å². The Morgan fingerprint density at radius 1 is 1.33 bits per heavy atom. The molecule has 1 aromatic heterocycles. The van der Waals surface area contributed by atoms with E-state index in [2.05, 4.69) is 5.10 Å². The van der Waals surface area contributed by atoms with Crippen molar-refractivity contribution in [1.82, 2.24) is 9.78 Å². The van der Waals surface area contributed by atoms with E-state index in [-0.39, 0.29) is 5.91 Å². The molecule has 0 atom stereocenters. The molecule has 2 rings (SSSR count). The van der Waals surface area contributed by atoms with Crippen LogP contribution in [-0.4, -0.2) is 15.7 Å². The maximum absolute atomic E-state index is 12.2. The fourth-order valence-corrected chi connectivity index (χ4v) is 1.94. The normalized spacial score (nSPS) is 10.4. The summed E-state index contributed by atoms with van der Waals surface area (Å²) in [5.41, 5.74) is 2.86. The van der Waals surface area contributed by atoms with Gasteiger partial charge in [-0.05, 0) is 31.5 Å². The molecular weight excluding hydrogens is 250 g/mol. The van der Waals surface area contributed by atoms with Crippen molar-refractivity contribution in [3.63, 3.8) is 0 Å². The number of rotatable bonds is 2. The van der Waals surface area contributed by atoms with Crippen LogP contribution in [0.3, 0.4) is 0 Å². The molecule has 0 bridgehead atoms. The lowest BCUT2D eigenvalue weighted by Crippen LogP contribution is -2.22. The molecule has 5 heteroatoms. The Morgan fingerprint density at radius 3 is 2.56 bits per heavy atom. The van der Waals surface area contributed by atoms with Gasteiger partial charge in [0, 0.05) is 24.5 Å². The third-order valence-corrected chi connectivity index (χ3v) is 3.17. The molecule has 0 fully saturated rings. The predicted octanol–water partition coefficient (Wildman–Crippen LogP) is 2.84. The highest BCUT2D eigenvalue weighted by Crippen LogP contribution is 2.23. The van der Waals surface area contributed by atoms with Crippen molar-refractivity contribution in [2.75, 3.05) is 4.42 Å². The van der Waals surface area contributed by atoms with E-state index in [1.165, 1.54) is 0 Å². The fraction of sp³-hybridized carbons (Fsp3) is 0.231. The van der Waals surface area contributed by atoms with E-state index < -0.39 is 0 Å². The Morgan fingerprint density at radius 2 is 2.00 bits per heavy atom. The molecule has 4 nitrogen and oxygen atoms in total. The molecule has 0 saturated carbocycles. The summed E-state index contributed by atoms with van der Waals surface area (Å²) >= 11 is 6.09. The van der Waals surface area contributed by atoms with Gasteiger partial charge in [-0.1, -0.05) is 18.2 Å². The molecule has 0 saturated heterocycles. The summed E-state index contributed by atoms with van der Waals surface area (Å²) < 4.78 is 2.76. The van der Waals surface area contributed by atoms with Gasteiger partial charge in [-0.2, -0.15) is 5.10 Å². The number of aryl methyl sites for hydroxylation is 3. The number of para-hydroxylation sites is 1. The van der Waals surface area contributed by atoms with Crippen LogP contribution in [-0.2, 0) is 7.05 Å². The first-order valence-electron chi connectivity index (χ1n) is 5.57. The van der Waals surface area contributed by atoms with Crippen molar-refractivity contribution < 1.29 is 4.79 Å². The van der Waals surface area contributed by atoms with Gasteiger partial charge in [-0.25, -0.2) is 4.42 Å². The number of benzene rings is 1. The van der Waals surface area contributed by atoms with Crippen molar-refractivity contribution in [1.29, 1.82) is 0 Å². The minimum Gasteiger partial charge on any atom is -0.272 e. The molecule has 0 radical (unpaired) electrons. The van der Waals surface area contributed by atoms with E-state index in [0.717, 1.165) is 15.7 Å². The number of amides is 1. The third kappa shape index (κ3) is 2.24. The molecular formula is C13H14ClN3O. The van der Waals surface area contributed by atoms with Crippen LogP contribution in [0.15, 0.2) is 30.3 Å². The number of hydrogen-bond donors (Lipinski definition) is 0. The lowest BCUT2D eigenvalue weighted by molar-refractivity contribution is 0.1000. The largest absolute Gasteiger partial charge is 0.293 e. The number of halogens is 1. The van der Waals surface area contributed by atoms with Crippen molar-refractivity contribution in [2.45, 2.75) is 13.8 Å². The first kappa shape index (κ1) is 12.6. The summed E-state index contributed by atoms with van der Waals surface area (Å²) in [5, 5.41) is 4.13. The summed E-state index contributed by atoms with van der Waals surface area (Å²) in [5.74, 6) is -0.324. The average molecular weight is 264 g/mol. The molecule has 0 N–H and O–H groups in total. The second-order valence-corrected chi connectivity index (χ2v) is 4.51. The minimum atomic E-state index is -0.324. The number of nitrogens with zero attached hydrogens (tertiary/aromatic N) is 3. The smallest absolute Gasteiger partial charge is 0.272 e. The van der Waals surface area contributed by atoms with E-state index in [1.807, 2.05) is 32.0 Å². The Labute approximate surface area is 111 Å². The maximum atomic E-state index is 12.2.